The predicted octanol–water partition coefficient (Wildman–Crippen LogP) is 1.32. The number of piperazine rings is 1. The van der Waals surface area contributed by atoms with Gasteiger partial charge in [-0.2, -0.15) is 0 Å². The maximum atomic E-state index is 12.4. The first-order chi connectivity index (χ1) is 14.1. The van der Waals surface area contributed by atoms with Crippen molar-refractivity contribution in [3.05, 3.63) is 30.3 Å². The molecule has 29 heavy (non-hydrogen) atoms. The Bertz CT molecular complexity index is 753. The van der Waals surface area contributed by atoms with Crippen molar-refractivity contribution < 1.29 is 9.59 Å². The van der Waals surface area contributed by atoms with Crippen molar-refractivity contribution in [1.29, 1.82) is 0 Å². The van der Waals surface area contributed by atoms with E-state index >= 15 is 0 Å². The highest BCUT2D eigenvalue weighted by Crippen LogP contribution is 2.26. The van der Waals surface area contributed by atoms with E-state index in [4.69, 9.17) is 12.2 Å². The number of likely N-dealkylation sites (tertiary alicyclic amines) is 1. The Balaban J connectivity index is 1.30. The Hall–Kier alpha value is -2.19. The summed E-state index contributed by atoms with van der Waals surface area (Å²) in [5.41, 5.74) is 0.941. The summed E-state index contributed by atoms with van der Waals surface area (Å²) in [7, 11) is 0. The first-order valence-electron chi connectivity index (χ1n) is 10.5. The molecule has 3 aliphatic heterocycles. The number of fused-ring (bicyclic) bond motifs is 1. The van der Waals surface area contributed by atoms with Crippen LogP contribution in [0.4, 0.5) is 5.69 Å². The van der Waals surface area contributed by atoms with E-state index in [0.717, 1.165) is 51.0 Å². The quantitative estimate of drug-likeness (QED) is 0.630. The number of para-hydroxylation sites is 1. The molecule has 7 nitrogen and oxygen atoms in total. The zero-order valence-electron chi connectivity index (χ0n) is 16.6. The number of carbonyl (C=O) groups excluding carboxylic acids is 2. The first kappa shape index (κ1) is 20.1. The molecule has 3 unspecified atom stereocenters. The average Bonchev–Trinajstić information content (AvgIpc) is 3.38. The minimum atomic E-state index is -0.146. The maximum Gasteiger partial charge on any atom is 0.237 e. The Labute approximate surface area is 177 Å². The summed E-state index contributed by atoms with van der Waals surface area (Å²) < 4.78 is 0. The van der Waals surface area contributed by atoms with Crippen molar-refractivity contribution in [3.8, 4) is 0 Å². The molecule has 3 saturated heterocycles. The summed E-state index contributed by atoms with van der Waals surface area (Å²) in [6, 6.07) is 9.98. The number of amides is 2. The van der Waals surface area contributed by atoms with Crippen LogP contribution in [0.2, 0.25) is 0 Å². The molecular weight excluding hydrogens is 386 g/mol. The lowest BCUT2D eigenvalue weighted by molar-refractivity contribution is -0.131. The highest BCUT2D eigenvalue weighted by molar-refractivity contribution is 7.80. The number of benzene rings is 1. The number of anilines is 1. The van der Waals surface area contributed by atoms with Gasteiger partial charge in [0, 0.05) is 50.4 Å². The van der Waals surface area contributed by atoms with E-state index in [9.17, 15) is 9.59 Å². The van der Waals surface area contributed by atoms with Crippen molar-refractivity contribution in [2.75, 3.05) is 31.5 Å². The van der Waals surface area contributed by atoms with Gasteiger partial charge in [-0.05, 0) is 50.0 Å². The highest BCUT2D eigenvalue weighted by Gasteiger charge is 2.43. The van der Waals surface area contributed by atoms with E-state index in [1.54, 1.807) is 0 Å². The van der Waals surface area contributed by atoms with Gasteiger partial charge in [0.2, 0.25) is 11.8 Å². The number of rotatable bonds is 5. The van der Waals surface area contributed by atoms with Crippen molar-refractivity contribution in [1.82, 2.24) is 20.4 Å². The third kappa shape index (κ3) is 4.87. The van der Waals surface area contributed by atoms with E-state index in [1.807, 2.05) is 35.2 Å². The van der Waals surface area contributed by atoms with E-state index in [-0.39, 0.29) is 29.9 Å². The molecule has 3 aliphatic rings. The fourth-order valence-electron chi connectivity index (χ4n) is 4.64. The molecule has 3 heterocycles. The molecule has 0 bridgehead atoms. The lowest BCUT2D eigenvalue weighted by Crippen LogP contribution is -2.58. The van der Waals surface area contributed by atoms with E-state index in [1.165, 1.54) is 0 Å². The second-order valence-electron chi connectivity index (χ2n) is 8.14. The van der Waals surface area contributed by atoms with Crippen LogP contribution in [0.5, 0.6) is 0 Å². The zero-order valence-corrected chi connectivity index (χ0v) is 17.4. The van der Waals surface area contributed by atoms with Crippen molar-refractivity contribution in [2.24, 2.45) is 0 Å². The average molecular weight is 416 g/mol. The topological polar surface area (TPSA) is 76.7 Å². The van der Waals surface area contributed by atoms with Crippen LogP contribution >= 0.6 is 12.2 Å². The predicted molar refractivity (Wildman–Crippen MR) is 117 cm³/mol. The molecule has 1 aromatic carbocycles. The van der Waals surface area contributed by atoms with E-state index in [2.05, 4.69) is 20.9 Å². The molecule has 0 radical (unpaired) electrons. The van der Waals surface area contributed by atoms with Crippen LogP contribution in [-0.4, -0.2) is 71.0 Å². The van der Waals surface area contributed by atoms with Crippen molar-refractivity contribution in [2.45, 2.75) is 50.2 Å². The summed E-state index contributed by atoms with van der Waals surface area (Å²) in [5, 5.41) is 10.2. The molecule has 4 rings (SSSR count). The molecule has 1 aromatic rings. The van der Waals surface area contributed by atoms with Crippen LogP contribution in [0.15, 0.2) is 30.3 Å². The largest absolute Gasteiger partial charge is 0.358 e. The van der Waals surface area contributed by atoms with Crippen molar-refractivity contribution in [3.63, 3.8) is 0 Å². The smallest absolute Gasteiger partial charge is 0.237 e. The monoisotopic (exact) mass is 415 g/mol. The first-order valence-corrected chi connectivity index (χ1v) is 10.9. The molecule has 156 valence electrons. The second kappa shape index (κ2) is 9.09. The molecule has 3 N–H and O–H groups in total. The van der Waals surface area contributed by atoms with Gasteiger partial charge < -0.3 is 20.9 Å². The van der Waals surface area contributed by atoms with Crippen LogP contribution in [0.3, 0.4) is 0 Å². The third-order valence-electron chi connectivity index (χ3n) is 6.14. The maximum absolute atomic E-state index is 12.4. The number of hydrogen-bond donors (Lipinski definition) is 3. The Morgan fingerprint density at radius 2 is 1.97 bits per heavy atom. The van der Waals surface area contributed by atoms with Gasteiger partial charge in [-0.3, -0.25) is 14.5 Å². The molecule has 3 atom stereocenters. The molecule has 0 aromatic heterocycles. The Morgan fingerprint density at radius 3 is 2.72 bits per heavy atom. The fraction of sp³-hybridized carbons (Fsp3) is 0.571. The third-order valence-corrected chi connectivity index (χ3v) is 6.36. The Morgan fingerprint density at radius 1 is 1.21 bits per heavy atom. The standard InChI is InChI=1S/C21H29N5O2S/c27-19(25-10-4-5-11-25)9-8-17-13-22-20(28)18-12-16(14-26(17)18)24-21(29)23-15-6-2-1-3-7-15/h1-3,6-7,16-18H,4-5,8-14H2,(H,22,28)(H2,23,24,29). The Kier molecular flexibility index (Phi) is 6.30. The summed E-state index contributed by atoms with van der Waals surface area (Å²) in [6.07, 6.45) is 4.29. The molecule has 0 aliphatic carbocycles. The highest BCUT2D eigenvalue weighted by atomic mass is 32.1. The zero-order chi connectivity index (χ0) is 20.2. The number of hydrogen-bond acceptors (Lipinski definition) is 4. The lowest BCUT2D eigenvalue weighted by atomic mass is 10.0. The molecule has 3 fully saturated rings. The number of thiocarbonyl (C=S) groups is 1. The van der Waals surface area contributed by atoms with Gasteiger partial charge in [0.1, 0.15) is 0 Å². The van der Waals surface area contributed by atoms with Gasteiger partial charge in [-0.1, -0.05) is 18.2 Å². The van der Waals surface area contributed by atoms with Gasteiger partial charge in [0.05, 0.1) is 6.04 Å². The van der Waals surface area contributed by atoms with Gasteiger partial charge >= 0.3 is 0 Å². The van der Waals surface area contributed by atoms with Crippen LogP contribution < -0.4 is 16.0 Å². The van der Waals surface area contributed by atoms with Crippen LogP contribution in [-0.2, 0) is 9.59 Å². The lowest BCUT2D eigenvalue weighted by Gasteiger charge is -2.37. The van der Waals surface area contributed by atoms with Gasteiger partial charge in [-0.25, -0.2) is 0 Å². The van der Waals surface area contributed by atoms with Crippen LogP contribution in [0, 0.1) is 0 Å². The number of nitrogens with zero attached hydrogens (tertiary/aromatic N) is 2. The van der Waals surface area contributed by atoms with Gasteiger partial charge in [0.15, 0.2) is 5.11 Å². The summed E-state index contributed by atoms with van der Waals surface area (Å²) in [6.45, 7) is 3.16. The number of carbonyl (C=O) groups is 2. The summed E-state index contributed by atoms with van der Waals surface area (Å²) in [5.74, 6) is 0.330. The minimum absolute atomic E-state index is 0.0818. The molecule has 0 spiro atoms. The van der Waals surface area contributed by atoms with Crippen molar-refractivity contribution >= 4 is 34.8 Å². The van der Waals surface area contributed by atoms with Crippen LogP contribution in [0.1, 0.15) is 32.1 Å². The van der Waals surface area contributed by atoms with Gasteiger partial charge in [0.25, 0.3) is 0 Å². The SMILES string of the molecule is O=C1NCC(CCC(=O)N2CCCC2)N2CC(NC(=S)Nc3ccccc3)CC12. The van der Waals surface area contributed by atoms with E-state index < -0.39 is 0 Å². The normalized spacial score (nSPS) is 26.7. The summed E-state index contributed by atoms with van der Waals surface area (Å²) in [4.78, 5) is 29.0. The van der Waals surface area contributed by atoms with Crippen LogP contribution in [0.25, 0.3) is 0 Å². The molecule has 2 amide bonds. The molecule has 8 heteroatoms. The van der Waals surface area contributed by atoms with Gasteiger partial charge in [-0.15, -0.1) is 0 Å². The number of nitrogens with one attached hydrogen (secondary N) is 3. The molecular formula is C21H29N5O2S. The fourth-order valence-corrected chi connectivity index (χ4v) is 4.92. The minimum Gasteiger partial charge on any atom is -0.358 e. The second-order valence-corrected chi connectivity index (χ2v) is 8.54. The molecule has 0 saturated carbocycles. The van der Waals surface area contributed by atoms with E-state index in [0.29, 0.717) is 18.1 Å². The summed E-state index contributed by atoms with van der Waals surface area (Å²) >= 11 is 5.45.